The highest BCUT2D eigenvalue weighted by Gasteiger charge is 2.04. The Hall–Kier alpha value is -2.23. The Labute approximate surface area is 137 Å². The van der Waals surface area contributed by atoms with Crippen LogP contribution in [0.15, 0.2) is 42.6 Å². The Kier molecular flexibility index (Phi) is 6.07. The number of thioether (sulfide) groups is 1. The number of amides is 1. The van der Waals surface area contributed by atoms with Gasteiger partial charge < -0.3 is 10.1 Å². The summed E-state index contributed by atoms with van der Waals surface area (Å²) in [7, 11) is 0. The van der Waals surface area contributed by atoms with Crippen LogP contribution < -0.4 is 10.1 Å². The smallest absolute Gasteiger partial charge is 0.234 e. The quantitative estimate of drug-likeness (QED) is 0.815. The average molecular weight is 334 g/mol. The van der Waals surface area contributed by atoms with Crippen LogP contribution >= 0.6 is 23.4 Å². The number of ether oxygens (including phenoxy) is 1. The summed E-state index contributed by atoms with van der Waals surface area (Å²) in [6, 6.07) is 12.3. The summed E-state index contributed by atoms with van der Waals surface area (Å²) in [5, 5.41) is 11.7. The van der Waals surface area contributed by atoms with E-state index in [0.29, 0.717) is 28.1 Å². The molecule has 1 amide bonds. The highest BCUT2D eigenvalue weighted by molar-refractivity contribution is 8.00. The van der Waals surface area contributed by atoms with Crippen molar-refractivity contribution >= 4 is 35.0 Å². The van der Waals surface area contributed by atoms with E-state index in [-0.39, 0.29) is 11.7 Å². The predicted molar refractivity (Wildman–Crippen MR) is 87.3 cm³/mol. The van der Waals surface area contributed by atoms with E-state index in [1.54, 1.807) is 36.4 Å². The molecule has 0 saturated heterocycles. The SMILES string of the molecule is N#CCSCC(=O)Nc1ccc(Oc2ccc(Cl)cc2)nc1. The van der Waals surface area contributed by atoms with E-state index in [4.69, 9.17) is 21.6 Å². The Balaban J connectivity index is 1.88. The van der Waals surface area contributed by atoms with E-state index in [2.05, 4.69) is 10.3 Å². The number of rotatable bonds is 6. The van der Waals surface area contributed by atoms with Gasteiger partial charge in [-0.3, -0.25) is 4.79 Å². The van der Waals surface area contributed by atoms with Crippen LogP contribution in [0.4, 0.5) is 5.69 Å². The summed E-state index contributed by atoms with van der Waals surface area (Å²) in [4.78, 5) is 15.7. The molecule has 1 aromatic carbocycles. The number of hydrogen-bond donors (Lipinski definition) is 1. The minimum atomic E-state index is -0.173. The number of carbonyl (C=O) groups is 1. The van der Waals surface area contributed by atoms with Crippen molar-refractivity contribution in [1.29, 1.82) is 5.26 Å². The molecule has 0 bridgehead atoms. The number of halogens is 1. The first kappa shape index (κ1) is 16.1. The second-order valence-electron chi connectivity index (χ2n) is 4.14. The Morgan fingerprint density at radius 2 is 2.09 bits per heavy atom. The lowest BCUT2D eigenvalue weighted by atomic mass is 10.3. The number of benzene rings is 1. The number of hydrogen-bond acceptors (Lipinski definition) is 5. The molecule has 0 spiro atoms. The molecule has 0 aliphatic rings. The summed E-state index contributed by atoms with van der Waals surface area (Å²) in [6.07, 6.45) is 1.51. The molecular weight excluding hydrogens is 322 g/mol. The maximum atomic E-state index is 11.6. The van der Waals surface area contributed by atoms with Crippen LogP contribution in [0.25, 0.3) is 0 Å². The van der Waals surface area contributed by atoms with Crippen LogP contribution in [-0.2, 0) is 4.79 Å². The van der Waals surface area contributed by atoms with E-state index < -0.39 is 0 Å². The third-order valence-electron chi connectivity index (χ3n) is 2.46. The second-order valence-corrected chi connectivity index (χ2v) is 5.56. The van der Waals surface area contributed by atoms with E-state index in [1.165, 1.54) is 18.0 Å². The van der Waals surface area contributed by atoms with Crippen LogP contribution in [0.3, 0.4) is 0 Å². The zero-order valence-electron chi connectivity index (χ0n) is 11.5. The summed E-state index contributed by atoms with van der Waals surface area (Å²) in [5.74, 6) is 1.39. The largest absolute Gasteiger partial charge is 0.439 e. The fraction of sp³-hybridized carbons (Fsp3) is 0.133. The number of nitrogens with zero attached hydrogens (tertiary/aromatic N) is 2. The molecule has 2 aromatic rings. The standard InChI is InChI=1S/C15H12ClN3O2S/c16-11-1-4-13(5-2-11)21-15-6-3-12(9-18-15)19-14(20)10-22-8-7-17/h1-6,9H,8,10H2,(H,19,20). The van der Waals surface area contributed by atoms with E-state index in [9.17, 15) is 4.79 Å². The molecule has 0 aliphatic carbocycles. The van der Waals surface area contributed by atoms with Gasteiger partial charge in [0.25, 0.3) is 0 Å². The number of anilines is 1. The van der Waals surface area contributed by atoms with Crippen molar-refractivity contribution in [2.24, 2.45) is 0 Å². The van der Waals surface area contributed by atoms with Gasteiger partial charge in [-0.2, -0.15) is 5.26 Å². The van der Waals surface area contributed by atoms with Gasteiger partial charge in [-0.05, 0) is 30.3 Å². The highest BCUT2D eigenvalue weighted by atomic mass is 35.5. The normalized spacial score (nSPS) is 9.82. The number of aromatic nitrogens is 1. The van der Waals surface area contributed by atoms with Crippen LogP contribution in [0.1, 0.15) is 0 Å². The van der Waals surface area contributed by atoms with Crippen molar-refractivity contribution in [3.8, 4) is 17.7 Å². The van der Waals surface area contributed by atoms with Gasteiger partial charge in [0.1, 0.15) is 5.75 Å². The summed E-state index contributed by atoms with van der Waals surface area (Å²) in [6.45, 7) is 0. The Bertz CT molecular complexity index is 669. The Morgan fingerprint density at radius 1 is 1.32 bits per heavy atom. The third kappa shape index (κ3) is 5.28. The van der Waals surface area contributed by atoms with E-state index in [0.717, 1.165) is 0 Å². The van der Waals surface area contributed by atoms with Gasteiger partial charge in [0, 0.05) is 11.1 Å². The highest BCUT2D eigenvalue weighted by Crippen LogP contribution is 2.22. The molecule has 0 unspecified atom stereocenters. The molecule has 0 fully saturated rings. The summed E-state index contributed by atoms with van der Waals surface area (Å²) >= 11 is 7.06. The molecular formula is C15H12ClN3O2S. The maximum Gasteiger partial charge on any atom is 0.234 e. The molecule has 1 N–H and O–H groups in total. The first-order chi connectivity index (χ1) is 10.7. The van der Waals surface area contributed by atoms with Gasteiger partial charge in [0.05, 0.1) is 29.5 Å². The molecule has 112 valence electrons. The minimum Gasteiger partial charge on any atom is -0.439 e. The monoisotopic (exact) mass is 333 g/mol. The zero-order valence-corrected chi connectivity index (χ0v) is 13.0. The van der Waals surface area contributed by atoms with Crippen LogP contribution in [0.2, 0.25) is 5.02 Å². The van der Waals surface area contributed by atoms with Gasteiger partial charge >= 0.3 is 0 Å². The van der Waals surface area contributed by atoms with Crippen LogP contribution in [0.5, 0.6) is 11.6 Å². The summed E-state index contributed by atoms with van der Waals surface area (Å²) < 4.78 is 5.55. The molecule has 5 nitrogen and oxygen atoms in total. The molecule has 0 saturated carbocycles. The van der Waals surface area contributed by atoms with Crippen LogP contribution in [-0.4, -0.2) is 22.4 Å². The fourth-order valence-corrected chi connectivity index (χ4v) is 2.10. The number of carbonyl (C=O) groups excluding carboxylic acids is 1. The van der Waals surface area contributed by atoms with Gasteiger partial charge in [0.15, 0.2) is 0 Å². The Morgan fingerprint density at radius 3 is 2.73 bits per heavy atom. The van der Waals surface area contributed by atoms with Crippen molar-refractivity contribution in [1.82, 2.24) is 4.98 Å². The molecule has 2 rings (SSSR count). The number of nitrogens with one attached hydrogen (secondary N) is 1. The fourth-order valence-electron chi connectivity index (χ4n) is 1.52. The molecule has 22 heavy (non-hydrogen) atoms. The molecule has 1 heterocycles. The first-order valence-corrected chi connectivity index (χ1v) is 7.84. The maximum absolute atomic E-state index is 11.6. The molecule has 0 aliphatic heterocycles. The van der Waals surface area contributed by atoms with Crippen molar-refractivity contribution in [3.05, 3.63) is 47.6 Å². The van der Waals surface area contributed by atoms with E-state index >= 15 is 0 Å². The van der Waals surface area contributed by atoms with Gasteiger partial charge in [-0.25, -0.2) is 4.98 Å². The van der Waals surface area contributed by atoms with Crippen molar-refractivity contribution < 1.29 is 9.53 Å². The molecule has 0 radical (unpaired) electrons. The predicted octanol–water partition coefficient (Wildman–Crippen LogP) is 3.72. The van der Waals surface area contributed by atoms with E-state index in [1.807, 2.05) is 6.07 Å². The lowest BCUT2D eigenvalue weighted by Crippen LogP contribution is -2.14. The summed E-state index contributed by atoms with van der Waals surface area (Å²) in [5.41, 5.74) is 0.575. The molecule has 1 aromatic heterocycles. The lowest BCUT2D eigenvalue weighted by Gasteiger charge is -2.07. The number of pyridine rings is 1. The van der Waals surface area contributed by atoms with Gasteiger partial charge in [-0.1, -0.05) is 11.6 Å². The van der Waals surface area contributed by atoms with Gasteiger partial charge in [0.2, 0.25) is 11.8 Å². The van der Waals surface area contributed by atoms with Crippen molar-refractivity contribution in [2.75, 3.05) is 16.8 Å². The topological polar surface area (TPSA) is 75.0 Å². The van der Waals surface area contributed by atoms with Crippen molar-refractivity contribution in [2.45, 2.75) is 0 Å². The van der Waals surface area contributed by atoms with Crippen molar-refractivity contribution in [3.63, 3.8) is 0 Å². The lowest BCUT2D eigenvalue weighted by molar-refractivity contribution is -0.113. The first-order valence-electron chi connectivity index (χ1n) is 6.31. The van der Waals surface area contributed by atoms with Crippen LogP contribution in [0, 0.1) is 11.3 Å². The average Bonchev–Trinajstić information content (AvgIpc) is 2.52. The molecule has 0 atom stereocenters. The zero-order chi connectivity index (χ0) is 15.8. The molecule has 7 heteroatoms. The minimum absolute atomic E-state index is 0.173. The number of nitriles is 1. The van der Waals surface area contributed by atoms with Gasteiger partial charge in [-0.15, -0.1) is 11.8 Å². The third-order valence-corrected chi connectivity index (χ3v) is 3.51. The second kappa shape index (κ2) is 8.27.